The first-order valence-electron chi connectivity index (χ1n) is 10.0. The summed E-state index contributed by atoms with van der Waals surface area (Å²) in [5.41, 5.74) is 7.60. The van der Waals surface area contributed by atoms with Gasteiger partial charge in [-0.25, -0.2) is 4.99 Å². The van der Waals surface area contributed by atoms with Crippen molar-refractivity contribution in [1.29, 1.82) is 5.41 Å². The predicted octanol–water partition coefficient (Wildman–Crippen LogP) is 2.48. The Bertz CT molecular complexity index is 1070. The third-order valence-electron chi connectivity index (χ3n) is 5.14. The minimum Gasteiger partial charge on any atom is -0.494 e. The number of nitrogens with two attached hydrogens (primary N) is 1. The molecule has 2 fully saturated rings. The maximum Gasteiger partial charge on any atom is 0.228 e. The fourth-order valence-electron chi connectivity index (χ4n) is 3.18. The van der Waals surface area contributed by atoms with Crippen LogP contribution in [0.2, 0.25) is 0 Å². The maximum atomic E-state index is 12.8. The van der Waals surface area contributed by atoms with Crippen molar-refractivity contribution in [1.82, 2.24) is 10.2 Å². The summed E-state index contributed by atoms with van der Waals surface area (Å²) in [6.45, 7) is 0. The van der Waals surface area contributed by atoms with Gasteiger partial charge in [0.2, 0.25) is 5.91 Å². The zero-order valence-corrected chi connectivity index (χ0v) is 17.0. The van der Waals surface area contributed by atoms with Crippen molar-refractivity contribution in [3.05, 3.63) is 35.5 Å². The third-order valence-corrected chi connectivity index (χ3v) is 5.14. The van der Waals surface area contributed by atoms with Crippen LogP contribution in [-0.4, -0.2) is 41.2 Å². The number of ketones is 1. The molecule has 2 aliphatic rings. The maximum absolute atomic E-state index is 12.8. The summed E-state index contributed by atoms with van der Waals surface area (Å²) in [6, 6.07) is 6.83. The number of carbonyl (C=O) groups excluding carboxylic acids is 2. The molecule has 0 atom stereocenters. The van der Waals surface area contributed by atoms with Crippen LogP contribution in [0.4, 0.5) is 17.2 Å². The van der Waals surface area contributed by atoms with Crippen LogP contribution in [0.3, 0.4) is 0 Å². The monoisotopic (exact) mass is 421 g/mol. The summed E-state index contributed by atoms with van der Waals surface area (Å²) in [4.78, 5) is 28.7. The lowest BCUT2D eigenvalue weighted by molar-refractivity contribution is -0.117. The Morgan fingerprint density at radius 1 is 1.19 bits per heavy atom. The highest BCUT2D eigenvalue weighted by atomic mass is 16.5. The Kier molecular flexibility index (Phi) is 5.61. The number of anilines is 3. The second-order valence-corrected chi connectivity index (χ2v) is 7.55. The van der Waals surface area contributed by atoms with Crippen LogP contribution in [-0.2, 0) is 4.79 Å². The zero-order chi connectivity index (χ0) is 22.0. The standard InChI is InChI=1S/C21H23N7O3/c1-31-19-13(20(23)24-10-22)3-2-4-14(19)25-15-9-16(26-21(30)12-7-8-12)27-28-17(15)18(29)11-5-6-11/h2-4,9-12H,5-8H2,1H3,(H3,22,23,24)(H2,25,26,27,30). The van der Waals surface area contributed by atoms with Crippen LogP contribution < -0.4 is 21.1 Å². The normalized spacial score (nSPS) is 15.8. The summed E-state index contributed by atoms with van der Waals surface area (Å²) in [6.07, 6.45) is 4.24. The molecule has 0 saturated heterocycles. The van der Waals surface area contributed by atoms with Crippen LogP contribution in [0, 0.1) is 17.2 Å². The van der Waals surface area contributed by atoms with Crippen molar-refractivity contribution in [2.24, 2.45) is 22.6 Å². The summed E-state index contributed by atoms with van der Waals surface area (Å²) >= 11 is 0. The van der Waals surface area contributed by atoms with Crippen molar-refractivity contribution in [2.75, 3.05) is 17.7 Å². The zero-order valence-electron chi connectivity index (χ0n) is 17.0. The molecule has 1 heterocycles. The van der Waals surface area contributed by atoms with Crippen LogP contribution in [0.1, 0.15) is 41.7 Å². The molecule has 4 rings (SSSR count). The van der Waals surface area contributed by atoms with Crippen LogP contribution >= 0.6 is 0 Å². The number of methoxy groups -OCH3 is 1. The van der Waals surface area contributed by atoms with E-state index >= 15 is 0 Å². The lowest BCUT2D eigenvalue weighted by atomic mass is 10.1. The predicted molar refractivity (Wildman–Crippen MR) is 116 cm³/mol. The van der Waals surface area contributed by atoms with Gasteiger partial charge in [0.05, 0.1) is 24.0 Å². The highest BCUT2D eigenvalue weighted by Gasteiger charge is 2.34. The number of rotatable bonds is 9. The average molecular weight is 421 g/mol. The molecule has 1 aromatic heterocycles. The Hall–Kier alpha value is -3.82. The van der Waals surface area contributed by atoms with Crippen LogP contribution in [0.5, 0.6) is 5.75 Å². The molecular weight excluding hydrogens is 398 g/mol. The van der Waals surface area contributed by atoms with Crippen molar-refractivity contribution < 1.29 is 14.3 Å². The number of amides is 1. The van der Waals surface area contributed by atoms with Gasteiger partial charge in [0, 0.05) is 17.9 Å². The average Bonchev–Trinajstić information content (AvgIpc) is 3.65. The number of nitrogens with one attached hydrogen (secondary N) is 3. The van der Waals surface area contributed by atoms with Gasteiger partial charge >= 0.3 is 0 Å². The summed E-state index contributed by atoms with van der Waals surface area (Å²) < 4.78 is 5.52. The van der Waals surface area contributed by atoms with Crippen molar-refractivity contribution >= 4 is 41.1 Å². The van der Waals surface area contributed by atoms with Gasteiger partial charge < -0.3 is 21.1 Å². The van der Waals surface area contributed by atoms with E-state index in [2.05, 4.69) is 25.8 Å². The lowest BCUT2D eigenvalue weighted by Gasteiger charge is -2.16. The molecule has 2 saturated carbocycles. The molecule has 1 amide bonds. The quantitative estimate of drug-likeness (QED) is 0.275. The minimum atomic E-state index is -0.100. The summed E-state index contributed by atoms with van der Waals surface area (Å²) in [7, 11) is 1.49. The van der Waals surface area contributed by atoms with E-state index in [0.29, 0.717) is 22.7 Å². The Morgan fingerprint density at radius 3 is 2.58 bits per heavy atom. The number of amidine groups is 1. The van der Waals surface area contributed by atoms with Gasteiger partial charge in [-0.2, -0.15) is 0 Å². The largest absolute Gasteiger partial charge is 0.494 e. The number of hydrogen-bond donors (Lipinski definition) is 4. The van der Waals surface area contributed by atoms with Crippen molar-refractivity contribution in [3.8, 4) is 5.75 Å². The van der Waals surface area contributed by atoms with E-state index in [9.17, 15) is 9.59 Å². The van der Waals surface area contributed by atoms with Crippen molar-refractivity contribution in [2.45, 2.75) is 25.7 Å². The molecular formula is C21H23N7O3. The fraction of sp³-hybridized carbons (Fsp3) is 0.333. The first kappa shape index (κ1) is 20.5. The highest BCUT2D eigenvalue weighted by Crippen LogP contribution is 2.37. The van der Waals surface area contributed by atoms with Crippen LogP contribution in [0.25, 0.3) is 0 Å². The molecule has 10 heteroatoms. The van der Waals surface area contributed by atoms with Crippen molar-refractivity contribution in [3.63, 3.8) is 0 Å². The lowest BCUT2D eigenvalue weighted by Crippen LogP contribution is -2.17. The number of Topliss-reactive ketones (excluding diaryl/α,β-unsaturated/α-hetero) is 1. The van der Waals surface area contributed by atoms with Gasteiger partial charge in [-0.15, -0.1) is 10.2 Å². The molecule has 0 bridgehead atoms. The second kappa shape index (κ2) is 8.50. The number of ether oxygens (including phenoxy) is 1. The number of aromatic nitrogens is 2. The number of aliphatic imine (C=N–C) groups is 1. The smallest absolute Gasteiger partial charge is 0.228 e. The SMILES string of the molecule is COc1c(Nc2cc(NC(=O)C3CC3)nnc2C(=O)C2CC2)cccc1C(N)=NC=N. The topological polar surface area (TPSA) is 155 Å². The molecule has 31 heavy (non-hydrogen) atoms. The summed E-state index contributed by atoms with van der Waals surface area (Å²) in [5, 5.41) is 21.2. The number of hydrogen-bond acceptors (Lipinski definition) is 7. The van der Waals surface area contributed by atoms with Gasteiger partial charge in [0.15, 0.2) is 23.0 Å². The Balaban J connectivity index is 1.71. The van der Waals surface area contributed by atoms with Gasteiger partial charge in [-0.1, -0.05) is 6.07 Å². The molecule has 0 spiro atoms. The van der Waals surface area contributed by atoms with Crippen LogP contribution in [0.15, 0.2) is 29.3 Å². The van der Waals surface area contributed by atoms with Gasteiger partial charge in [0.1, 0.15) is 12.2 Å². The Labute approximate surface area is 178 Å². The molecule has 0 radical (unpaired) electrons. The van der Waals surface area contributed by atoms with E-state index in [1.54, 1.807) is 24.3 Å². The van der Waals surface area contributed by atoms with E-state index in [-0.39, 0.29) is 40.9 Å². The minimum absolute atomic E-state index is 0.0128. The molecule has 2 aliphatic carbocycles. The number of nitrogens with zero attached hydrogens (tertiary/aromatic N) is 3. The molecule has 10 nitrogen and oxygen atoms in total. The molecule has 0 aliphatic heterocycles. The fourth-order valence-corrected chi connectivity index (χ4v) is 3.18. The first-order valence-corrected chi connectivity index (χ1v) is 10.0. The number of para-hydroxylation sites is 1. The van der Waals surface area contributed by atoms with E-state index < -0.39 is 0 Å². The van der Waals surface area contributed by atoms with Gasteiger partial charge in [-0.3, -0.25) is 15.0 Å². The van der Waals surface area contributed by atoms with E-state index in [1.165, 1.54) is 7.11 Å². The van der Waals surface area contributed by atoms with E-state index in [1.807, 2.05) is 0 Å². The van der Waals surface area contributed by atoms with Gasteiger partial charge in [-0.05, 0) is 37.8 Å². The molecule has 160 valence electrons. The third kappa shape index (κ3) is 4.52. The Morgan fingerprint density at radius 2 is 1.94 bits per heavy atom. The molecule has 2 aromatic rings. The van der Waals surface area contributed by atoms with E-state index in [0.717, 1.165) is 32.0 Å². The van der Waals surface area contributed by atoms with Gasteiger partial charge in [0.25, 0.3) is 0 Å². The second-order valence-electron chi connectivity index (χ2n) is 7.55. The summed E-state index contributed by atoms with van der Waals surface area (Å²) in [5.74, 6) is 0.564. The number of benzene rings is 1. The highest BCUT2D eigenvalue weighted by molar-refractivity contribution is 6.06. The number of carbonyl (C=O) groups is 2. The molecule has 5 N–H and O–H groups in total. The first-order chi connectivity index (χ1) is 15.0. The molecule has 0 unspecified atom stereocenters. The molecule has 1 aromatic carbocycles. The van der Waals surface area contributed by atoms with E-state index in [4.69, 9.17) is 15.9 Å².